The summed E-state index contributed by atoms with van der Waals surface area (Å²) in [4.78, 5) is 27.6. The first-order chi connectivity index (χ1) is 13.5. The summed E-state index contributed by atoms with van der Waals surface area (Å²) >= 11 is 3.33. The van der Waals surface area contributed by atoms with E-state index in [0.29, 0.717) is 21.3 Å². The molecule has 0 radical (unpaired) electrons. The molecule has 1 aliphatic rings. The number of benzene rings is 3. The molecular weight excluding hydrogens is 421 g/mol. The Bertz CT molecular complexity index is 1150. The van der Waals surface area contributed by atoms with Gasteiger partial charge in [-0.3, -0.25) is 9.59 Å². The third kappa shape index (κ3) is 3.08. The summed E-state index contributed by atoms with van der Waals surface area (Å²) in [6.45, 7) is 1.84. The maximum Gasteiger partial charge on any atom is 0.265 e. The van der Waals surface area contributed by atoms with Gasteiger partial charge < -0.3 is 0 Å². The molecule has 4 rings (SSSR count). The molecule has 1 heterocycles. The van der Waals surface area contributed by atoms with Gasteiger partial charge in [-0.25, -0.2) is 9.29 Å². The van der Waals surface area contributed by atoms with Crippen molar-refractivity contribution >= 4 is 45.1 Å². The summed E-state index contributed by atoms with van der Waals surface area (Å²) in [5.41, 5.74) is 2.78. The van der Waals surface area contributed by atoms with Crippen LogP contribution in [-0.4, -0.2) is 11.8 Å². The zero-order chi connectivity index (χ0) is 19.8. The van der Waals surface area contributed by atoms with Crippen molar-refractivity contribution in [1.29, 1.82) is 0 Å². The zero-order valence-corrected chi connectivity index (χ0v) is 16.5. The molecule has 1 aliphatic heterocycles. The Hall–Kier alpha value is -3.05. The van der Waals surface area contributed by atoms with Crippen molar-refractivity contribution in [2.24, 2.45) is 0 Å². The fraction of sp³-hybridized carbons (Fsp3) is 0.0435. The number of halogens is 2. The Morgan fingerprint density at radius 1 is 0.893 bits per heavy atom. The fourth-order valence-electron chi connectivity index (χ4n) is 3.31. The van der Waals surface area contributed by atoms with E-state index in [9.17, 15) is 14.0 Å². The van der Waals surface area contributed by atoms with E-state index in [4.69, 9.17) is 0 Å². The summed E-state index contributed by atoms with van der Waals surface area (Å²) in [5, 5.41) is 0. The largest absolute Gasteiger partial charge is 0.268 e. The lowest BCUT2D eigenvalue weighted by molar-refractivity contribution is -0.112. The molecule has 0 unspecified atom stereocenters. The van der Waals surface area contributed by atoms with Crippen molar-refractivity contribution in [3.05, 3.63) is 99.3 Å². The number of para-hydroxylation sites is 1. The molecule has 0 saturated heterocycles. The highest BCUT2D eigenvalue weighted by Gasteiger charge is 2.36. The Kier molecular flexibility index (Phi) is 4.69. The molecule has 2 amide bonds. The molecule has 138 valence electrons. The second-order valence-corrected chi connectivity index (χ2v) is 7.42. The van der Waals surface area contributed by atoms with E-state index in [-0.39, 0.29) is 17.0 Å². The van der Waals surface area contributed by atoms with Crippen LogP contribution in [-0.2, 0) is 4.79 Å². The van der Waals surface area contributed by atoms with Crippen LogP contribution >= 0.6 is 15.9 Å². The highest BCUT2D eigenvalue weighted by Crippen LogP contribution is 2.35. The van der Waals surface area contributed by atoms with Gasteiger partial charge in [-0.1, -0.05) is 52.3 Å². The van der Waals surface area contributed by atoms with Gasteiger partial charge in [0.05, 0.1) is 5.69 Å². The van der Waals surface area contributed by atoms with Crippen molar-refractivity contribution < 1.29 is 14.0 Å². The number of carbonyl (C=O) groups excluding carboxylic acids is 2. The van der Waals surface area contributed by atoms with Crippen molar-refractivity contribution in [1.82, 2.24) is 0 Å². The normalized spacial score (nSPS) is 15.1. The number of nitrogens with zero attached hydrogens (tertiary/aromatic N) is 1. The highest BCUT2D eigenvalue weighted by atomic mass is 79.9. The summed E-state index contributed by atoms with van der Waals surface area (Å²) in [6, 6.07) is 18.6. The Morgan fingerprint density at radius 3 is 2.32 bits per heavy atom. The zero-order valence-electron chi connectivity index (χ0n) is 14.9. The van der Waals surface area contributed by atoms with Gasteiger partial charge in [-0.15, -0.1) is 0 Å². The quantitative estimate of drug-likeness (QED) is 0.386. The van der Waals surface area contributed by atoms with Crippen LogP contribution in [0.15, 0.2) is 71.2 Å². The van der Waals surface area contributed by atoms with Gasteiger partial charge in [0.15, 0.2) is 0 Å². The number of hydrogen-bond donors (Lipinski definition) is 0. The first kappa shape index (κ1) is 18.3. The predicted molar refractivity (Wildman–Crippen MR) is 111 cm³/mol. The van der Waals surface area contributed by atoms with Crippen LogP contribution in [0.25, 0.3) is 11.6 Å². The van der Waals surface area contributed by atoms with Crippen LogP contribution in [0.4, 0.5) is 10.1 Å². The van der Waals surface area contributed by atoms with Crippen LogP contribution in [0.1, 0.15) is 27.0 Å². The molecule has 0 saturated carbocycles. The van der Waals surface area contributed by atoms with E-state index in [1.165, 1.54) is 17.0 Å². The van der Waals surface area contributed by atoms with E-state index in [0.717, 1.165) is 5.56 Å². The lowest BCUT2D eigenvalue weighted by Gasteiger charge is -2.29. The first-order valence-corrected chi connectivity index (χ1v) is 9.47. The number of anilines is 1. The number of aryl methyl sites for hydroxylation is 1. The number of hydrogen-bond acceptors (Lipinski definition) is 2. The molecule has 28 heavy (non-hydrogen) atoms. The average molecular weight is 436 g/mol. The summed E-state index contributed by atoms with van der Waals surface area (Å²) in [6.07, 6.45) is 1.50. The van der Waals surface area contributed by atoms with Crippen molar-refractivity contribution in [3.8, 4) is 0 Å². The molecule has 3 aromatic rings. The minimum atomic E-state index is -0.475. The van der Waals surface area contributed by atoms with Crippen molar-refractivity contribution in [2.45, 2.75) is 6.92 Å². The molecule has 0 aromatic heterocycles. The van der Waals surface area contributed by atoms with Gasteiger partial charge in [0.25, 0.3) is 11.8 Å². The maximum atomic E-state index is 14.3. The highest BCUT2D eigenvalue weighted by molar-refractivity contribution is 9.10. The molecular formula is C23H15BrFNO2. The third-order valence-electron chi connectivity index (χ3n) is 4.70. The fourth-order valence-corrected chi connectivity index (χ4v) is 3.68. The first-order valence-electron chi connectivity index (χ1n) is 8.68. The lowest BCUT2D eigenvalue weighted by atomic mass is 9.91. The average Bonchev–Trinajstić information content (AvgIpc) is 2.69. The van der Waals surface area contributed by atoms with Gasteiger partial charge in [0.2, 0.25) is 0 Å². The Labute approximate surface area is 170 Å². The Morgan fingerprint density at radius 2 is 1.57 bits per heavy atom. The van der Waals surface area contributed by atoms with Crippen molar-refractivity contribution in [2.75, 3.05) is 4.90 Å². The predicted octanol–water partition coefficient (Wildman–Crippen LogP) is 5.62. The molecule has 0 aliphatic carbocycles. The number of amides is 2. The molecule has 3 nitrogen and oxygen atoms in total. The van der Waals surface area contributed by atoms with E-state index in [1.54, 1.807) is 48.5 Å². The van der Waals surface area contributed by atoms with Gasteiger partial charge >= 0.3 is 0 Å². The molecule has 0 bridgehead atoms. The molecule has 0 N–H and O–H groups in total. The standard InChI is InChI=1S/C23H15BrFNO2/c1-14-6-2-5-9-21(14)26-22(27)18-8-4-3-7-17(18)19(23(26)28)13-15-12-16(24)10-11-20(15)25/h2-13H,1H3/b19-13-. The van der Waals surface area contributed by atoms with Crippen molar-refractivity contribution in [3.63, 3.8) is 0 Å². The number of rotatable bonds is 2. The molecule has 5 heteroatoms. The second-order valence-electron chi connectivity index (χ2n) is 6.50. The maximum absolute atomic E-state index is 14.3. The summed E-state index contributed by atoms with van der Waals surface area (Å²) in [5.74, 6) is -1.31. The number of imide groups is 1. The van der Waals surface area contributed by atoms with Crippen LogP contribution in [0, 0.1) is 12.7 Å². The van der Waals surface area contributed by atoms with Gasteiger partial charge in [-0.05, 0) is 54.5 Å². The lowest BCUT2D eigenvalue weighted by Crippen LogP contribution is -2.42. The minimum Gasteiger partial charge on any atom is -0.268 e. The third-order valence-corrected chi connectivity index (χ3v) is 5.19. The minimum absolute atomic E-state index is 0.270. The number of carbonyl (C=O) groups is 2. The summed E-state index contributed by atoms with van der Waals surface area (Å²) < 4.78 is 15.0. The molecule has 3 aromatic carbocycles. The topological polar surface area (TPSA) is 37.4 Å². The SMILES string of the molecule is Cc1ccccc1N1C(=O)/C(=C\c2cc(Br)ccc2F)c2ccccc2C1=O. The van der Waals surface area contributed by atoms with Gasteiger partial charge in [0.1, 0.15) is 5.82 Å². The molecule has 0 spiro atoms. The molecule has 0 fully saturated rings. The van der Waals surface area contributed by atoms with Crippen LogP contribution in [0.5, 0.6) is 0 Å². The summed E-state index contributed by atoms with van der Waals surface area (Å²) in [7, 11) is 0. The van der Waals surface area contributed by atoms with Gasteiger partial charge in [-0.2, -0.15) is 0 Å². The number of fused-ring (bicyclic) bond motifs is 1. The van der Waals surface area contributed by atoms with Crippen LogP contribution in [0.2, 0.25) is 0 Å². The van der Waals surface area contributed by atoms with E-state index < -0.39 is 11.7 Å². The van der Waals surface area contributed by atoms with E-state index >= 15 is 0 Å². The molecule has 0 atom stereocenters. The van der Waals surface area contributed by atoms with Gasteiger partial charge in [0, 0.05) is 21.2 Å². The van der Waals surface area contributed by atoms with E-state index in [1.807, 2.05) is 19.1 Å². The Balaban J connectivity index is 1.95. The van der Waals surface area contributed by atoms with Crippen LogP contribution in [0.3, 0.4) is 0 Å². The second kappa shape index (κ2) is 7.17. The van der Waals surface area contributed by atoms with Crippen LogP contribution < -0.4 is 4.90 Å². The van der Waals surface area contributed by atoms with E-state index in [2.05, 4.69) is 15.9 Å². The smallest absolute Gasteiger partial charge is 0.265 e. The monoisotopic (exact) mass is 435 g/mol.